The van der Waals surface area contributed by atoms with Crippen molar-refractivity contribution in [3.05, 3.63) is 70.9 Å². The highest BCUT2D eigenvalue weighted by atomic mass is 16.2. The molecule has 0 spiro atoms. The lowest BCUT2D eigenvalue weighted by atomic mass is 9.73. The van der Waals surface area contributed by atoms with E-state index < -0.39 is 0 Å². The van der Waals surface area contributed by atoms with Gasteiger partial charge in [0.25, 0.3) is 0 Å². The van der Waals surface area contributed by atoms with Crippen LogP contribution in [-0.2, 0) is 9.59 Å². The van der Waals surface area contributed by atoms with Crippen molar-refractivity contribution in [3.8, 4) is 0 Å². The normalized spacial score (nSPS) is 19.1. The number of amides is 1. The van der Waals surface area contributed by atoms with Crippen LogP contribution in [0.15, 0.2) is 59.8 Å². The third-order valence-corrected chi connectivity index (χ3v) is 6.82. The van der Waals surface area contributed by atoms with Gasteiger partial charge >= 0.3 is 0 Å². The number of anilines is 2. The van der Waals surface area contributed by atoms with Crippen molar-refractivity contribution in [2.45, 2.75) is 46.1 Å². The van der Waals surface area contributed by atoms with Gasteiger partial charge in [-0.25, -0.2) is 0 Å². The van der Waals surface area contributed by atoms with E-state index in [-0.39, 0.29) is 29.7 Å². The highest BCUT2D eigenvalue weighted by Gasteiger charge is 2.41. The van der Waals surface area contributed by atoms with Gasteiger partial charge in [0.05, 0.1) is 24.0 Å². The SMILES string of the molecule is Cc1ccc(C2C3=C(CC(C)(C)CC3=O)Nc3ccccc3N2CC(=O)NCCCN(C)C)cc1. The van der Waals surface area contributed by atoms with Crippen LogP contribution in [0.5, 0.6) is 0 Å². The molecular weight excluding hydrogens is 436 g/mol. The van der Waals surface area contributed by atoms with Crippen molar-refractivity contribution < 1.29 is 9.59 Å². The molecule has 2 aliphatic rings. The summed E-state index contributed by atoms with van der Waals surface area (Å²) in [5.41, 5.74) is 5.69. The zero-order chi connectivity index (χ0) is 25.2. The molecule has 1 unspecified atom stereocenters. The molecule has 1 heterocycles. The molecule has 1 atom stereocenters. The number of nitrogens with zero attached hydrogens (tertiary/aromatic N) is 2. The number of ketones is 1. The van der Waals surface area contributed by atoms with Gasteiger partial charge in [-0.3, -0.25) is 9.59 Å². The van der Waals surface area contributed by atoms with Crippen LogP contribution in [0.3, 0.4) is 0 Å². The van der Waals surface area contributed by atoms with Crippen molar-refractivity contribution in [2.24, 2.45) is 5.41 Å². The Balaban J connectivity index is 1.77. The number of allylic oxidation sites excluding steroid dienone is 1. The molecule has 0 bridgehead atoms. The summed E-state index contributed by atoms with van der Waals surface area (Å²) in [5, 5.41) is 6.69. The average molecular weight is 475 g/mol. The number of nitrogens with one attached hydrogen (secondary N) is 2. The molecule has 0 saturated heterocycles. The lowest BCUT2D eigenvalue weighted by Gasteiger charge is -2.38. The third-order valence-electron chi connectivity index (χ3n) is 6.82. The molecule has 0 saturated carbocycles. The molecule has 2 aromatic carbocycles. The molecule has 0 fully saturated rings. The number of carbonyl (C=O) groups excluding carboxylic acids is 2. The second-order valence-electron chi connectivity index (χ2n) is 10.9. The minimum absolute atomic E-state index is 0.0386. The van der Waals surface area contributed by atoms with Gasteiger partial charge in [0.2, 0.25) is 5.91 Å². The number of para-hydroxylation sites is 2. The summed E-state index contributed by atoms with van der Waals surface area (Å²) in [6.07, 6.45) is 2.17. The second kappa shape index (κ2) is 10.2. The van der Waals surface area contributed by atoms with Gasteiger partial charge in [0, 0.05) is 24.2 Å². The highest BCUT2D eigenvalue weighted by Crippen LogP contribution is 2.48. The quantitative estimate of drug-likeness (QED) is 0.571. The summed E-state index contributed by atoms with van der Waals surface area (Å²) in [6, 6.07) is 16.1. The predicted octanol–water partition coefficient (Wildman–Crippen LogP) is 4.68. The van der Waals surface area contributed by atoms with Gasteiger partial charge in [-0.05, 0) is 63.5 Å². The summed E-state index contributed by atoms with van der Waals surface area (Å²) >= 11 is 0. The standard InChI is InChI=1S/C29H38N4O2/c1-20-11-13-21(14-12-20)28-27-23(17-29(2,3)18-25(27)34)31-22-9-6-7-10-24(22)33(28)19-26(35)30-15-8-16-32(4)5/h6-7,9-14,28,31H,8,15-19H2,1-5H3,(H,30,35). The van der Waals surface area contributed by atoms with Crippen molar-refractivity contribution in [1.82, 2.24) is 10.2 Å². The molecule has 1 aliphatic carbocycles. The Labute approximate surface area is 209 Å². The molecule has 0 radical (unpaired) electrons. The Morgan fingerprint density at radius 3 is 2.54 bits per heavy atom. The number of fused-ring (bicyclic) bond motifs is 1. The van der Waals surface area contributed by atoms with Crippen molar-refractivity contribution >= 4 is 23.1 Å². The second-order valence-corrected chi connectivity index (χ2v) is 10.9. The van der Waals surface area contributed by atoms with Crippen LogP contribution < -0.4 is 15.5 Å². The highest BCUT2D eigenvalue weighted by molar-refractivity contribution is 6.01. The summed E-state index contributed by atoms with van der Waals surface area (Å²) < 4.78 is 0. The van der Waals surface area contributed by atoms with Gasteiger partial charge in [-0.2, -0.15) is 0 Å². The first-order valence-corrected chi connectivity index (χ1v) is 12.5. The minimum atomic E-state index is -0.335. The van der Waals surface area contributed by atoms with E-state index in [2.05, 4.69) is 65.5 Å². The van der Waals surface area contributed by atoms with Crippen molar-refractivity contribution in [2.75, 3.05) is 43.9 Å². The Morgan fingerprint density at radius 2 is 1.83 bits per heavy atom. The number of hydrogen-bond acceptors (Lipinski definition) is 5. The number of hydrogen-bond donors (Lipinski definition) is 2. The Morgan fingerprint density at radius 1 is 1.11 bits per heavy atom. The molecule has 2 aromatic rings. The van der Waals surface area contributed by atoms with Gasteiger partial charge < -0.3 is 20.4 Å². The molecule has 4 rings (SSSR count). The Kier molecular flexibility index (Phi) is 7.31. The molecule has 186 valence electrons. The van der Waals surface area contributed by atoms with E-state index in [1.54, 1.807) is 0 Å². The van der Waals surface area contributed by atoms with E-state index in [9.17, 15) is 9.59 Å². The van der Waals surface area contributed by atoms with Crippen LogP contribution in [0.4, 0.5) is 11.4 Å². The zero-order valence-electron chi connectivity index (χ0n) is 21.6. The van der Waals surface area contributed by atoms with Crippen LogP contribution >= 0.6 is 0 Å². The first kappa shape index (κ1) is 25.0. The van der Waals surface area contributed by atoms with Crippen LogP contribution in [0.25, 0.3) is 0 Å². The van der Waals surface area contributed by atoms with E-state index in [0.29, 0.717) is 13.0 Å². The smallest absolute Gasteiger partial charge is 0.239 e. The molecular formula is C29H38N4O2. The van der Waals surface area contributed by atoms with Crippen LogP contribution in [0.1, 0.15) is 50.3 Å². The van der Waals surface area contributed by atoms with Gasteiger partial charge in [0.1, 0.15) is 0 Å². The van der Waals surface area contributed by atoms with Gasteiger partial charge in [0.15, 0.2) is 5.78 Å². The van der Waals surface area contributed by atoms with E-state index in [1.165, 1.54) is 0 Å². The molecule has 0 aromatic heterocycles. The van der Waals surface area contributed by atoms with E-state index in [0.717, 1.165) is 53.2 Å². The van der Waals surface area contributed by atoms with E-state index in [1.807, 2.05) is 38.4 Å². The summed E-state index contributed by atoms with van der Waals surface area (Å²) in [6.45, 7) is 8.07. The summed E-state index contributed by atoms with van der Waals surface area (Å²) in [7, 11) is 4.06. The third kappa shape index (κ3) is 5.76. The lowest BCUT2D eigenvalue weighted by molar-refractivity contribution is -0.120. The minimum Gasteiger partial charge on any atom is -0.357 e. The van der Waals surface area contributed by atoms with Crippen LogP contribution in [-0.4, -0.2) is 50.3 Å². The van der Waals surface area contributed by atoms with Crippen LogP contribution in [0.2, 0.25) is 0 Å². The van der Waals surface area contributed by atoms with E-state index >= 15 is 0 Å². The molecule has 35 heavy (non-hydrogen) atoms. The number of carbonyl (C=O) groups is 2. The molecule has 1 aliphatic heterocycles. The van der Waals surface area contributed by atoms with Crippen molar-refractivity contribution in [3.63, 3.8) is 0 Å². The largest absolute Gasteiger partial charge is 0.357 e. The first-order chi connectivity index (χ1) is 16.6. The van der Waals surface area contributed by atoms with Crippen molar-refractivity contribution in [1.29, 1.82) is 0 Å². The fourth-order valence-corrected chi connectivity index (χ4v) is 5.16. The summed E-state index contributed by atoms with van der Waals surface area (Å²) in [4.78, 5) is 31.1. The summed E-state index contributed by atoms with van der Waals surface area (Å²) in [5.74, 6) is 0.113. The lowest BCUT2D eigenvalue weighted by Crippen LogP contribution is -2.42. The maximum absolute atomic E-state index is 13.7. The molecule has 1 amide bonds. The monoisotopic (exact) mass is 474 g/mol. The first-order valence-electron chi connectivity index (χ1n) is 12.5. The van der Waals surface area contributed by atoms with Gasteiger partial charge in [-0.1, -0.05) is 55.8 Å². The predicted molar refractivity (Wildman–Crippen MR) is 143 cm³/mol. The molecule has 6 heteroatoms. The molecule has 2 N–H and O–H groups in total. The Bertz CT molecular complexity index is 1120. The fourth-order valence-electron chi connectivity index (χ4n) is 5.16. The number of Topliss-reactive ketones (excluding diaryl/α,β-unsaturated/α-hetero) is 1. The maximum Gasteiger partial charge on any atom is 0.239 e. The average Bonchev–Trinajstić information content (AvgIpc) is 2.91. The van der Waals surface area contributed by atoms with E-state index in [4.69, 9.17) is 0 Å². The fraction of sp³-hybridized carbons (Fsp3) is 0.448. The maximum atomic E-state index is 13.7. The molecule has 6 nitrogen and oxygen atoms in total. The number of rotatable bonds is 7. The Hall–Kier alpha value is -3.12. The zero-order valence-corrected chi connectivity index (χ0v) is 21.6. The van der Waals surface area contributed by atoms with Crippen LogP contribution in [0, 0.1) is 12.3 Å². The number of aryl methyl sites for hydroxylation is 1. The topological polar surface area (TPSA) is 64.7 Å². The number of benzene rings is 2. The van der Waals surface area contributed by atoms with Gasteiger partial charge in [-0.15, -0.1) is 0 Å².